The minimum atomic E-state index is -0.0629. The van der Waals surface area contributed by atoms with Gasteiger partial charge in [0.15, 0.2) is 17.7 Å². The van der Waals surface area contributed by atoms with Gasteiger partial charge in [-0.3, -0.25) is 4.79 Å². The Morgan fingerprint density at radius 2 is 2.13 bits per heavy atom. The summed E-state index contributed by atoms with van der Waals surface area (Å²) in [6.45, 7) is 0. The molecule has 0 saturated carbocycles. The van der Waals surface area contributed by atoms with E-state index in [1.54, 1.807) is 24.3 Å². The average Bonchev–Trinajstić information content (AvgIpc) is 2.59. The number of oxazole rings is 1. The number of hydrogen-bond acceptors (Lipinski definition) is 3. The summed E-state index contributed by atoms with van der Waals surface area (Å²) >= 11 is 11.4. The molecule has 3 nitrogen and oxygen atoms in total. The maximum atomic E-state index is 10.7. The molecule has 0 N–H and O–H groups in total. The normalized spacial score (nSPS) is 10.3. The van der Waals surface area contributed by atoms with Crippen LogP contribution in [0.25, 0.3) is 11.3 Å². The molecule has 0 aliphatic carbocycles. The van der Waals surface area contributed by atoms with Crippen molar-refractivity contribution in [2.45, 2.75) is 0 Å². The van der Waals surface area contributed by atoms with Crippen LogP contribution in [-0.2, 0) is 0 Å². The summed E-state index contributed by atoms with van der Waals surface area (Å²) in [7, 11) is 0. The molecule has 15 heavy (non-hydrogen) atoms. The predicted octanol–water partition coefficient (Wildman–Crippen LogP) is 3.46. The van der Waals surface area contributed by atoms with E-state index in [0.717, 1.165) is 0 Å². The van der Waals surface area contributed by atoms with Crippen molar-refractivity contribution in [3.63, 3.8) is 0 Å². The standard InChI is InChI=1S/C10H5Cl2NO2/c11-7-3-1-2-6(4-7)9-8(5-14)13-10(12)15-9/h1-5H. The van der Waals surface area contributed by atoms with Crippen LogP contribution in [0.1, 0.15) is 10.5 Å². The van der Waals surface area contributed by atoms with Crippen LogP contribution < -0.4 is 0 Å². The quantitative estimate of drug-likeness (QED) is 0.757. The maximum absolute atomic E-state index is 10.7. The summed E-state index contributed by atoms with van der Waals surface area (Å²) in [5.41, 5.74) is 0.839. The second-order valence-corrected chi connectivity index (χ2v) is 3.57. The predicted molar refractivity (Wildman–Crippen MR) is 57.3 cm³/mol. The van der Waals surface area contributed by atoms with Gasteiger partial charge in [0, 0.05) is 10.6 Å². The minimum Gasteiger partial charge on any atom is -0.427 e. The van der Waals surface area contributed by atoms with Gasteiger partial charge >= 0.3 is 0 Å². The zero-order chi connectivity index (χ0) is 10.8. The Balaban J connectivity index is 2.57. The fourth-order valence-electron chi connectivity index (χ4n) is 1.22. The summed E-state index contributed by atoms with van der Waals surface area (Å²) in [6, 6.07) is 6.91. The van der Waals surface area contributed by atoms with E-state index in [1.807, 2.05) is 0 Å². The SMILES string of the molecule is O=Cc1nc(Cl)oc1-c1cccc(Cl)c1. The second kappa shape index (κ2) is 4.04. The first-order valence-corrected chi connectivity index (χ1v) is 4.84. The van der Waals surface area contributed by atoms with Gasteiger partial charge in [-0.05, 0) is 23.7 Å². The highest BCUT2D eigenvalue weighted by Gasteiger charge is 2.13. The van der Waals surface area contributed by atoms with Gasteiger partial charge < -0.3 is 4.42 Å². The van der Waals surface area contributed by atoms with Crippen molar-refractivity contribution in [3.05, 3.63) is 40.3 Å². The summed E-state index contributed by atoms with van der Waals surface area (Å²) in [5, 5.41) is 0.490. The molecular weight excluding hydrogens is 237 g/mol. The molecule has 0 atom stereocenters. The molecule has 76 valence electrons. The van der Waals surface area contributed by atoms with Gasteiger partial charge in [0.2, 0.25) is 0 Å². The number of aromatic nitrogens is 1. The van der Waals surface area contributed by atoms with Gasteiger partial charge in [0.1, 0.15) is 0 Å². The third kappa shape index (κ3) is 2.03. The van der Waals surface area contributed by atoms with E-state index in [9.17, 15) is 4.79 Å². The molecule has 0 radical (unpaired) electrons. The van der Waals surface area contributed by atoms with Crippen molar-refractivity contribution in [1.29, 1.82) is 0 Å². The van der Waals surface area contributed by atoms with E-state index in [0.29, 0.717) is 22.6 Å². The van der Waals surface area contributed by atoms with E-state index in [1.165, 1.54) is 0 Å². The Morgan fingerprint density at radius 3 is 2.80 bits per heavy atom. The number of halogens is 2. The largest absolute Gasteiger partial charge is 0.427 e. The van der Waals surface area contributed by atoms with Crippen LogP contribution in [0, 0.1) is 0 Å². The molecule has 1 aromatic heterocycles. The van der Waals surface area contributed by atoms with Crippen molar-refractivity contribution in [2.75, 3.05) is 0 Å². The Kier molecular flexibility index (Phi) is 2.75. The minimum absolute atomic E-state index is 0.0629. The Hall–Kier alpha value is -1.32. The highest BCUT2D eigenvalue weighted by atomic mass is 35.5. The fourth-order valence-corrected chi connectivity index (χ4v) is 1.58. The molecule has 1 heterocycles. The molecular formula is C10H5Cl2NO2. The van der Waals surface area contributed by atoms with Gasteiger partial charge in [-0.1, -0.05) is 23.7 Å². The van der Waals surface area contributed by atoms with Crippen LogP contribution in [0.5, 0.6) is 0 Å². The van der Waals surface area contributed by atoms with Gasteiger partial charge in [0.25, 0.3) is 5.35 Å². The molecule has 0 aliphatic heterocycles. The zero-order valence-corrected chi connectivity index (χ0v) is 8.92. The molecule has 0 bridgehead atoms. The Morgan fingerprint density at radius 1 is 1.33 bits per heavy atom. The summed E-state index contributed by atoms with van der Waals surface area (Å²) < 4.78 is 5.11. The van der Waals surface area contributed by atoms with E-state index in [-0.39, 0.29) is 11.0 Å². The second-order valence-electron chi connectivity index (χ2n) is 2.81. The van der Waals surface area contributed by atoms with Crippen LogP contribution in [-0.4, -0.2) is 11.3 Å². The van der Waals surface area contributed by atoms with Gasteiger partial charge in [-0.15, -0.1) is 0 Å². The molecule has 2 rings (SSSR count). The van der Waals surface area contributed by atoms with E-state index in [2.05, 4.69) is 4.98 Å². The first-order valence-electron chi connectivity index (χ1n) is 4.08. The number of nitrogens with zero attached hydrogens (tertiary/aromatic N) is 1. The van der Waals surface area contributed by atoms with Crippen LogP contribution in [0.4, 0.5) is 0 Å². The number of aldehydes is 1. The smallest absolute Gasteiger partial charge is 0.293 e. The van der Waals surface area contributed by atoms with Crippen LogP contribution in [0.3, 0.4) is 0 Å². The van der Waals surface area contributed by atoms with Gasteiger partial charge in [-0.2, -0.15) is 4.98 Å². The zero-order valence-electron chi connectivity index (χ0n) is 7.41. The van der Waals surface area contributed by atoms with Crippen LogP contribution in [0.15, 0.2) is 28.7 Å². The number of benzene rings is 1. The van der Waals surface area contributed by atoms with Crippen molar-refractivity contribution >= 4 is 29.5 Å². The first-order chi connectivity index (χ1) is 7.20. The lowest BCUT2D eigenvalue weighted by molar-refractivity contribution is 0.112. The molecule has 0 spiro atoms. The van der Waals surface area contributed by atoms with E-state index in [4.69, 9.17) is 27.6 Å². The summed E-state index contributed by atoms with van der Waals surface area (Å²) in [6.07, 6.45) is 0.589. The van der Waals surface area contributed by atoms with E-state index >= 15 is 0 Å². The first kappa shape index (κ1) is 10.2. The molecule has 0 saturated heterocycles. The van der Waals surface area contributed by atoms with Gasteiger partial charge in [-0.25, -0.2) is 0 Å². The lowest BCUT2D eigenvalue weighted by atomic mass is 10.1. The molecule has 0 unspecified atom stereocenters. The van der Waals surface area contributed by atoms with Gasteiger partial charge in [0.05, 0.1) is 0 Å². The molecule has 0 amide bonds. The third-order valence-electron chi connectivity index (χ3n) is 1.83. The molecule has 2 aromatic rings. The number of hydrogen-bond donors (Lipinski definition) is 0. The molecule has 0 aliphatic rings. The highest BCUT2D eigenvalue weighted by molar-refractivity contribution is 6.31. The van der Waals surface area contributed by atoms with Crippen molar-refractivity contribution in [2.24, 2.45) is 0 Å². The number of rotatable bonds is 2. The van der Waals surface area contributed by atoms with E-state index < -0.39 is 0 Å². The lowest BCUT2D eigenvalue weighted by Crippen LogP contribution is -1.83. The van der Waals surface area contributed by atoms with Crippen molar-refractivity contribution in [3.8, 4) is 11.3 Å². The third-order valence-corrected chi connectivity index (χ3v) is 2.22. The summed E-state index contributed by atoms with van der Waals surface area (Å²) in [5.74, 6) is 0.331. The molecule has 1 aromatic carbocycles. The topological polar surface area (TPSA) is 43.1 Å². The molecule has 0 fully saturated rings. The Labute approximate surface area is 95.6 Å². The lowest BCUT2D eigenvalue weighted by Gasteiger charge is -1.96. The molecule has 5 heteroatoms. The summed E-state index contributed by atoms with van der Waals surface area (Å²) in [4.78, 5) is 14.4. The van der Waals surface area contributed by atoms with Crippen LogP contribution >= 0.6 is 23.2 Å². The number of carbonyl (C=O) groups excluding carboxylic acids is 1. The number of carbonyl (C=O) groups is 1. The Bertz CT molecular complexity index is 508. The van der Waals surface area contributed by atoms with Crippen molar-refractivity contribution in [1.82, 2.24) is 4.98 Å². The maximum Gasteiger partial charge on any atom is 0.293 e. The monoisotopic (exact) mass is 241 g/mol. The van der Waals surface area contributed by atoms with Crippen molar-refractivity contribution < 1.29 is 9.21 Å². The fraction of sp³-hybridized carbons (Fsp3) is 0. The van der Waals surface area contributed by atoms with Crippen LogP contribution in [0.2, 0.25) is 10.4 Å². The highest BCUT2D eigenvalue weighted by Crippen LogP contribution is 2.27. The average molecular weight is 242 g/mol.